The second-order valence-corrected chi connectivity index (χ2v) is 22.4. The number of nitrogens with zero attached hydrogens (tertiary/aromatic N) is 1. The summed E-state index contributed by atoms with van der Waals surface area (Å²) in [5, 5.41) is 13.9. The predicted octanol–water partition coefficient (Wildman–Crippen LogP) is 18.5. The Kier molecular flexibility index (Phi) is 52.4. The Labute approximate surface area is 456 Å². The lowest BCUT2D eigenvalue weighted by atomic mass is 10.0. The molecule has 0 aliphatic carbocycles. The van der Waals surface area contributed by atoms with Crippen LogP contribution in [0.5, 0.6) is 0 Å². The van der Waals surface area contributed by atoms with Crippen molar-refractivity contribution in [1.82, 2.24) is 5.32 Å². The number of likely N-dealkylation sites (N-methyl/N-ethyl adjacent to an activating group) is 1. The zero-order valence-corrected chi connectivity index (χ0v) is 49.2. The highest BCUT2D eigenvalue weighted by atomic mass is 31.2. The number of aliphatic hydroxyl groups excluding tert-OH is 1. The molecule has 0 aliphatic heterocycles. The van der Waals surface area contributed by atoms with Crippen LogP contribution in [0.4, 0.5) is 0 Å². The third kappa shape index (κ3) is 56.6. The lowest BCUT2D eigenvalue weighted by molar-refractivity contribution is -0.870. The standard InChI is InChI=1S/C65H113N2O6P/c1-6-8-10-12-14-16-18-20-22-24-26-27-28-29-30-31-32-33-34-35-36-37-38-39-41-43-45-47-49-51-53-55-57-59-65(69)66-63(62-73-74(70,71)72-61-60-67(3,4)5)64(68)58-56-54-52-50-48-46-44-42-40-25-23-21-19-17-15-13-11-9-7-2/h8,10,14,16,20,22,26-27,29-30,32-33,35-36,38-39,48,50,56,58,63-64,68H,6-7,9,11-13,15,17-19,21,23-25,28,31,34,37,40-47,49,51-55,57,59-62H2,1-5H3,(H-,66,69,70,71)/p+1/b10-8-,16-14-,22-20-,27-26-,30-29-,33-32-,36-35-,39-38-,50-48+,58-56+. The molecule has 0 spiro atoms. The number of allylic oxidation sites excluding steroid dienone is 19. The monoisotopic (exact) mass is 1050 g/mol. The molecule has 0 heterocycles. The number of carbonyl (C=O) groups excluding carboxylic acids is 1. The Balaban J connectivity index is 4.26. The first-order valence-corrected chi connectivity index (χ1v) is 31.4. The summed E-state index contributed by atoms with van der Waals surface area (Å²) in [6, 6.07) is -0.877. The van der Waals surface area contributed by atoms with E-state index in [1.807, 2.05) is 27.2 Å². The first-order chi connectivity index (χ1) is 36.0. The number of aliphatic hydroxyl groups is 1. The van der Waals surface area contributed by atoms with Gasteiger partial charge in [-0.2, -0.15) is 0 Å². The number of amides is 1. The van der Waals surface area contributed by atoms with Gasteiger partial charge in [0.2, 0.25) is 5.91 Å². The van der Waals surface area contributed by atoms with Gasteiger partial charge < -0.3 is 19.8 Å². The Morgan fingerprint density at radius 3 is 1.24 bits per heavy atom. The first kappa shape index (κ1) is 70.9. The van der Waals surface area contributed by atoms with E-state index >= 15 is 0 Å². The second-order valence-electron chi connectivity index (χ2n) is 21.0. The molecule has 3 N–H and O–H groups in total. The van der Waals surface area contributed by atoms with Gasteiger partial charge in [-0.15, -0.1) is 0 Å². The Morgan fingerprint density at radius 1 is 0.473 bits per heavy atom. The number of phosphoric ester groups is 1. The Bertz CT molecular complexity index is 1620. The molecular weight excluding hydrogens is 936 g/mol. The highest BCUT2D eigenvalue weighted by Gasteiger charge is 2.27. The third-order valence-corrected chi connectivity index (χ3v) is 13.6. The largest absolute Gasteiger partial charge is 0.472 e. The Hall–Kier alpha value is -3.10. The van der Waals surface area contributed by atoms with Crippen molar-refractivity contribution in [2.75, 3.05) is 40.9 Å². The van der Waals surface area contributed by atoms with E-state index in [0.29, 0.717) is 17.4 Å². The minimum atomic E-state index is -4.37. The van der Waals surface area contributed by atoms with Crippen LogP contribution in [0.25, 0.3) is 0 Å². The number of phosphoric acid groups is 1. The van der Waals surface area contributed by atoms with E-state index in [2.05, 4.69) is 129 Å². The molecule has 74 heavy (non-hydrogen) atoms. The van der Waals surface area contributed by atoms with Gasteiger partial charge in [-0.3, -0.25) is 13.8 Å². The molecule has 3 atom stereocenters. The second kappa shape index (κ2) is 54.7. The molecule has 424 valence electrons. The minimum absolute atomic E-state index is 0.0483. The predicted molar refractivity (Wildman–Crippen MR) is 322 cm³/mol. The fourth-order valence-electron chi connectivity index (χ4n) is 8.01. The van der Waals surface area contributed by atoms with Gasteiger partial charge in [0.05, 0.1) is 39.9 Å². The molecule has 0 bridgehead atoms. The van der Waals surface area contributed by atoms with Crippen LogP contribution in [-0.2, 0) is 18.4 Å². The van der Waals surface area contributed by atoms with Crippen molar-refractivity contribution in [3.05, 3.63) is 122 Å². The van der Waals surface area contributed by atoms with Crippen molar-refractivity contribution in [1.29, 1.82) is 0 Å². The molecule has 0 aromatic rings. The SMILES string of the molecule is CC/C=C\C/C=C\C/C=C\C/C=C\C/C=C\C/C=C\C/C=C\C/C=C\CCCCCCCCCCC(=O)NC(COP(=O)(O)OCC[N+](C)(C)C)C(O)/C=C/CC/C=C/CCCCCCCCCCCCCCC. The van der Waals surface area contributed by atoms with Crippen LogP contribution in [0, 0.1) is 0 Å². The maximum atomic E-state index is 13.0. The summed E-state index contributed by atoms with van der Waals surface area (Å²) >= 11 is 0. The van der Waals surface area contributed by atoms with Gasteiger partial charge in [0.25, 0.3) is 0 Å². The van der Waals surface area contributed by atoms with E-state index < -0.39 is 20.0 Å². The van der Waals surface area contributed by atoms with Crippen LogP contribution in [0.2, 0.25) is 0 Å². The lowest BCUT2D eigenvalue weighted by Crippen LogP contribution is -2.45. The Morgan fingerprint density at radius 2 is 0.824 bits per heavy atom. The molecule has 0 rings (SSSR count). The molecule has 3 unspecified atom stereocenters. The molecule has 9 heteroatoms. The van der Waals surface area contributed by atoms with E-state index in [-0.39, 0.29) is 19.1 Å². The topological polar surface area (TPSA) is 105 Å². The van der Waals surface area contributed by atoms with Gasteiger partial charge in [0, 0.05) is 6.42 Å². The summed E-state index contributed by atoms with van der Waals surface area (Å²) in [5.74, 6) is -0.200. The van der Waals surface area contributed by atoms with E-state index in [1.54, 1.807) is 6.08 Å². The number of nitrogens with one attached hydrogen (secondary N) is 1. The average molecular weight is 1050 g/mol. The van der Waals surface area contributed by atoms with Crippen molar-refractivity contribution in [2.24, 2.45) is 0 Å². The van der Waals surface area contributed by atoms with Crippen molar-refractivity contribution >= 4 is 13.7 Å². The summed E-state index contributed by atoms with van der Waals surface area (Å²) < 4.78 is 23.7. The van der Waals surface area contributed by atoms with E-state index in [4.69, 9.17) is 9.05 Å². The summed E-state index contributed by atoms with van der Waals surface area (Å²) in [4.78, 5) is 23.3. The van der Waals surface area contributed by atoms with Crippen LogP contribution in [0.1, 0.15) is 232 Å². The number of quaternary nitrogens is 1. The number of hydrogen-bond acceptors (Lipinski definition) is 5. The molecule has 0 aliphatic rings. The van der Waals surface area contributed by atoms with Crippen LogP contribution in [0.3, 0.4) is 0 Å². The van der Waals surface area contributed by atoms with Gasteiger partial charge in [-0.1, -0.05) is 251 Å². The van der Waals surface area contributed by atoms with Crippen LogP contribution in [0.15, 0.2) is 122 Å². The lowest BCUT2D eigenvalue weighted by Gasteiger charge is -2.25. The molecule has 1 amide bonds. The third-order valence-electron chi connectivity index (χ3n) is 12.7. The normalized spacial score (nSPS) is 14.7. The maximum absolute atomic E-state index is 13.0. The minimum Gasteiger partial charge on any atom is -0.387 e. The van der Waals surface area contributed by atoms with Crippen molar-refractivity contribution in [3.8, 4) is 0 Å². The van der Waals surface area contributed by atoms with Gasteiger partial charge in [0.15, 0.2) is 0 Å². The van der Waals surface area contributed by atoms with Crippen molar-refractivity contribution in [2.45, 2.75) is 244 Å². The van der Waals surface area contributed by atoms with Crippen molar-refractivity contribution in [3.63, 3.8) is 0 Å². The molecule has 0 fully saturated rings. The van der Waals surface area contributed by atoms with Gasteiger partial charge in [-0.25, -0.2) is 4.57 Å². The van der Waals surface area contributed by atoms with Crippen molar-refractivity contribution < 1.29 is 32.9 Å². The summed E-state index contributed by atoms with van der Waals surface area (Å²) in [6.45, 7) is 4.67. The molecule has 0 saturated carbocycles. The van der Waals surface area contributed by atoms with Crippen LogP contribution < -0.4 is 5.32 Å². The van der Waals surface area contributed by atoms with Gasteiger partial charge in [0.1, 0.15) is 13.2 Å². The number of hydrogen-bond donors (Lipinski definition) is 3. The highest BCUT2D eigenvalue weighted by Crippen LogP contribution is 2.43. The number of unbranched alkanes of at least 4 members (excludes halogenated alkanes) is 22. The number of carbonyl (C=O) groups is 1. The fourth-order valence-corrected chi connectivity index (χ4v) is 8.75. The summed E-state index contributed by atoms with van der Waals surface area (Å²) in [5.41, 5.74) is 0. The molecule has 0 aromatic carbocycles. The fraction of sp³-hybridized carbons (Fsp3) is 0.677. The summed E-state index contributed by atoms with van der Waals surface area (Å²) in [6.07, 6.45) is 81.6. The van der Waals surface area contributed by atoms with E-state index in [1.165, 1.54) is 109 Å². The van der Waals surface area contributed by atoms with E-state index in [0.717, 1.165) is 103 Å². The van der Waals surface area contributed by atoms with Crippen LogP contribution >= 0.6 is 7.82 Å². The smallest absolute Gasteiger partial charge is 0.387 e. The highest BCUT2D eigenvalue weighted by molar-refractivity contribution is 7.47. The molecule has 0 radical (unpaired) electrons. The zero-order chi connectivity index (χ0) is 54.2. The zero-order valence-electron chi connectivity index (χ0n) is 48.3. The maximum Gasteiger partial charge on any atom is 0.472 e. The van der Waals surface area contributed by atoms with Gasteiger partial charge >= 0.3 is 7.82 Å². The average Bonchev–Trinajstić information content (AvgIpc) is 3.36. The van der Waals surface area contributed by atoms with Crippen LogP contribution in [-0.4, -0.2) is 73.4 Å². The molecule has 0 saturated heterocycles. The molecule has 8 nitrogen and oxygen atoms in total. The first-order valence-electron chi connectivity index (χ1n) is 29.9. The molecule has 0 aromatic heterocycles. The summed E-state index contributed by atoms with van der Waals surface area (Å²) in [7, 11) is 1.53. The van der Waals surface area contributed by atoms with E-state index in [9.17, 15) is 19.4 Å². The number of rotatable bonds is 53. The van der Waals surface area contributed by atoms with Gasteiger partial charge in [-0.05, 0) is 96.3 Å². The molecular formula is C65H114N2O6P+. The quantitative estimate of drug-likeness (QED) is 0.0243.